The van der Waals surface area contributed by atoms with Crippen LogP contribution in [0.3, 0.4) is 0 Å². The Bertz CT molecular complexity index is 1990. The van der Waals surface area contributed by atoms with Crippen molar-refractivity contribution >= 4 is 28.8 Å². The average Bonchev–Trinajstić information content (AvgIpc) is 3.66. The van der Waals surface area contributed by atoms with Gasteiger partial charge < -0.3 is 14.4 Å². The summed E-state index contributed by atoms with van der Waals surface area (Å²) in [5, 5.41) is 2.65. The van der Waals surface area contributed by atoms with Crippen molar-refractivity contribution < 1.29 is 0 Å². The van der Waals surface area contributed by atoms with Crippen LogP contribution in [0.15, 0.2) is 157 Å². The fraction of sp³-hybridized carbons (Fsp3) is 0.150. The van der Waals surface area contributed by atoms with Crippen LogP contribution in [0.2, 0.25) is 0 Å². The van der Waals surface area contributed by atoms with Crippen molar-refractivity contribution in [1.82, 2.24) is 4.57 Å². The molecular formula is C40H33N3. The zero-order chi connectivity index (χ0) is 28.3. The molecule has 3 aromatic carbocycles. The summed E-state index contributed by atoms with van der Waals surface area (Å²) >= 11 is 0. The minimum atomic E-state index is 0.375. The third-order valence-corrected chi connectivity index (χ3v) is 9.77. The van der Waals surface area contributed by atoms with Gasteiger partial charge in [-0.3, -0.25) is 0 Å². The van der Waals surface area contributed by atoms with E-state index < -0.39 is 0 Å². The van der Waals surface area contributed by atoms with Crippen LogP contribution in [0.5, 0.6) is 0 Å². The summed E-state index contributed by atoms with van der Waals surface area (Å²) in [4.78, 5) is 5.00. The molecule has 208 valence electrons. The van der Waals surface area contributed by atoms with Crippen molar-refractivity contribution in [3.63, 3.8) is 0 Å². The lowest BCUT2D eigenvalue weighted by molar-refractivity contribution is 0.374. The molecule has 0 radical (unpaired) electrons. The van der Waals surface area contributed by atoms with Crippen molar-refractivity contribution in [3.05, 3.63) is 168 Å². The number of nitrogens with zero attached hydrogens (tertiary/aromatic N) is 3. The number of benzene rings is 3. The molecule has 0 spiro atoms. The van der Waals surface area contributed by atoms with E-state index in [4.69, 9.17) is 0 Å². The minimum absolute atomic E-state index is 0.375. The molecule has 1 aromatic heterocycles. The van der Waals surface area contributed by atoms with Crippen LogP contribution in [0, 0.1) is 23.7 Å². The highest BCUT2D eigenvalue weighted by atomic mass is 15.2. The Labute approximate surface area is 252 Å². The molecule has 0 N–H and O–H groups in total. The van der Waals surface area contributed by atoms with Crippen molar-refractivity contribution in [2.24, 2.45) is 23.7 Å². The number of anilines is 3. The topological polar surface area (TPSA) is 11.4 Å². The molecule has 0 amide bonds. The van der Waals surface area contributed by atoms with Gasteiger partial charge in [-0.1, -0.05) is 78.9 Å². The molecule has 4 atom stereocenters. The van der Waals surface area contributed by atoms with Crippen molar-refractivity contribution in [3.8, 4) is 5.69 Å². The van der Waals surface area contributed by atoms with Crippen LogP contribution < -0.4 is 20.4 Å². The number of rotatable bonds is 5. The maximum Gasteiger partial charge on any atom is 0.0512 e. The van der Waals surface area contributed by atoms with Gasteiger partial charge in [-0.15, -0.1) is 0 Å². The van der Waals surface area contributed by atoms with E-state index in [0.717, 1.165) is 12.8 Å². The summed E-state index contributed by atoms with van der Waals surface area (Å²) in [6.45, 7) is 0. The van der Waals surface area contributed by atoms with E-state index in [-0.39, 0.29) is 0 Å². The average molecular weight is 556 g/mol. The van der Waals surface area contributed by atoms with Gasteiger partial charge in [-0.05, 0) is 79.6 Å². The molecule has 4 unspecified atom stereocenters. The second-order valence-corrected chi connectivity index (χ2v) is 12.1. The lowest BCUT2D eigenvalue weighted by Gasteiger charge is -2.34. The lowest BCUT2D eigenvalue weighted by atomic mass is 9.68. The second kappa shape index (κ2) is 9.78. The summed E-state index contributed by atoms with van der Waals surface area (Å²) in [5.74, 6) is 1.70. The fourth-order valence-electron chi connectivity index (χ4n) is 7.96. The molecule has 43 heavy (non-hydrogen) atoms. The lowest BCUT2D eigenvalue weighted by Crippen LogP contribution is -2.41. The van der Waals surface area contributed by atoms with Gasteiger partial charge in [0.2, 0.25) is 0 Å². The van der Waals surface area contributed by atoms with Gasteiger partial charge in [-0.25, -0.2) is 0 Å². The summed E-state index contributed by atoms with van der Waals surface area (Å²) in [6, 6.07) is 33.1. The summed E-state index contributed by atoms with van der Waals surface area (Å²) < 4.78 is 2.36. The van der Waals surface area contributed by atoms with Crippen molar-refractivity contribution in [2.45, 2.75) is 12.8 Å². The van der Waals surface area contributed by atoms with Crippen LogP contribution >= 0.6 is 0 Å². The van der Waals surface area contributed by atoms with Gasteiger partial charge in [0.05, 0.1) is 5.35 Å². The standard InChI is InChI=1S/C40H33N3/c1-4-12-30(13-5-1)41-26-25-35-37(41)27-29-20-19-28-11-10-18-36-38(28)39(29)40(35)43(36)34-23-21-33(22-24-34)42(31-14-6-2-7-15-31)32-16-8-3-9-17-32/h1-8,10-16,18-29,38-39H,9,17H2. The summed E-state index contributed by atoms with van der Waals surface area (Å²) in [5.41, 5.74) is 9.03. The Kier molecular flexibility index (Phi) is 5.59. The largest absolute Gasteiger partial charge is 0.317 e. The van der Waals surface area contributed by atoms with Crippen LogP contribution in [-0.2, 0) is 0 Å². The molecule has 1 fully saturated rings. The minimum Gasteiger partial charge on any atom is -0.317 e. The Morgan fingerprint density at radius 3 is 2.21 bits per heavy atom. The first-order valence-electron chi connectivity index (χ1n) is 15.5. The Morgan fingerprint density at radius 1 is 0.651 bits per heavy atom. The highest BCUT2D eigenvalue weighted by Crippen LogP contribution is 2.55. The van der Waals surface area contributed by atoms with Gasteiger partial charge in [0.15, 0.2) is 0 Å². The van der Waals surface area contributed by atoms with E-state index >= 15 is 0 Å². The third-order valence-electron chi connectivity index (χ3n) is 9.77. The van der Waals surface area contributed by atoms with Gasteiger partial charge in [0.25, 0.3) is 0 Å². The zero-order valence-corrected chi connectivity index (χ0v) is 24.0. The predicted molar refractivity (Wildman–Crippen MR) is 177 cm³/mol. The molecule has 2 heterocycles. The van der Waals surface area contributed by atoms with E-state index in [2.05, 4.69) is 166 Å². The number of fused-ring (bicyclic) bond motifs is 1. The number of allylic oxidation sites excluding steroid dienone is 10. The smallest absolute Gasteiger partial charge is 0.0512 e. The molecule has 1 aliphatic heterocycles. The molecule has 0 saturated carbocycles. The van der Waals surface area contributed by atoms with E-state index in [1.165, 1.54) is 50.4 Å². The molecule has 9 rings (SSSR count). The molecule has 0 bridgehead atoms. The second-order valence-electron chi connectivity index (χ2n) is 12.1. The van der Waals surface area contributed by atoms with E-state index in [0.29, 0.717) is 23.7 Å². The Morgan fingerprint density at radius 2 is 1.42 bits per heavy atom. The van der Waals surface area contributed by atoms with Crippen molar-refractivity contribution in [1.29, 1.82) is 0 Å². The monoisotopic (exact) mass is 555 g/mol. The van der Waals surface area contributed by atoms with Crippen LogP contribution in [0.1, 0.15) is 12.8 Å². The first kappa shape index (κ1) is 24.6. The number of aromatic nitrogens is 1. The fourth-order valence-corrected chi connectivity index (χ4v) is 7.96. The normalized spacial score (nSPS) is 24.2. The van der Waals surface area contributed by atoms with E-state index in [1.807, 2.05) is 0 Å². The number of para-hydroxylation sites is 2. The Hall–Kier alpha value is -5.02. The first-order chi connectivity index (χ1) is 21.3. The predicted octanol–water partition coefficient (Wildman–Crippen LogP) is 7.76. The van der Waals surface area contributed by atoms with Crippen LogP contribution in [0.4, 0.5) is 17.1 Å². The highest BCUT2D eigenvalue weighted by molar-refractivity contribution is 5.83. The van der Waals surface area contributed by atoms with E-state index in [9.17, 15) is 0 Å². The molecule has 3 heteroatoms. The quantitative estimate of drug-likeness (QED) is 0.233. The van der Waals surface area contributed by atoms with Gasteiger partial charge >= 0.3 is 0 Å². The van der Waals surface area contributed by atoms with Gasteiger partial charge in [0.1, 0.15) is 0 Å². The highest BCUT2D eigenvalue weighted by Gasteiger charge is 2.50. The van der Waals surface area contributed by atoms with Gasteiger partial charge in [0, 0.05) is 74.9 Å². The first-order valence-corrected chi connectivity index (χ1v) is 15.5. The maximum atomic E-state index is 2.59. The molecular weight excluding hydrogens is 522 g/mol. The van der Waals surface area contributed by atoms with Crippen LogP contribution in [-0.4, -0.2) is 4.57 Å². The van der Waals surface area contributed by atoms with Crippen LogP contribution in [0.25, 0.3) is 17.5 Å². The van der Waals surface area contributed by atoms with Crippen molar-refractivity contribution in [2.75, 3.05) is 9.80 Å². The van der Waals surface area contributed by atoms with E-state index in [1.54, 1.807) is 0 Å². The molecule has 3 nitrogen and oxygen atoms in total. The number of hydrogen-bond acceptors (Lipinski definition) is 2. The maximum absolute atomic E-state index is 2.59. The zero-order valence-electron chi connectivity index (χ0n) is 24.0. The Balaban J connectivity index is 1.20. The molecule has 1 saturated heterocycles. The SMILES string of the molecule is C1=CCCC(N(c2ccccc2)c2ccc(N3C4=CC=CC5C=CC6C=c7c(ccn7-c7ccccc7)=C3C6C45)cc2)=C1. The van der Waals surface area contributed by atoms with Gasteiger partial charge in [-0.2, -0.15) is 0 Å². The third kappa shape index (κ3) is 3.81. The summed E-state index contributed by atoms with van der Waals surface area (Å²) in [6.07, 6.45) is 25.5. The summed E-state index contributed by atoms with van der Waals surface area (Å²) in [7, 11) is 0. The molecule has 4 aromatic rings. The molecule has 5 aliphatic rings. The number of hydrogen-bond donors (Lipinski definition) is 0. The molecule has 4 aliphatic carbocycles.